The highest BCUT2D eigenvalue weighted by molar-refractivity contribution is 6.35. The van der Waals surface area contributed by atoms with Crippen LogP contribution in [-0.4, -0.2) is 12.5 Å². The maximum absolute atomic E-state index is 13.6. The van der Waals surface area contributed by atoms with E-state index >= 15 is 0 Å². The number of benzene rings is 2. The Bertz CT molecular complexity index is 765. The molecule has 2 aromatic rings. The second kappa shape index (κ2) is 7.97. The van der Waals surface area contributed by atoms with E-state index in [0.29, 0.717) is 10.6 Å². The van der Waals surface area contributed by atoms with Gasteiger partial charge >= 0.3 is 0 Å². The number of quaternary nitrogens is 1. The Hall–Kier alpha value is -1.62. The van der Waals surface area contributed by atoms with Crippen molar-refractivity contribution in [2.45, 2.75) is 26.8 Å². The van der Waals surface area contributed by atoms with E-state index in [4.69, 9.17) is 23.2 Å². The van der Waals surface area contributed by atoms with E-state index in [0.717, 1.165) is 16.8 Å². The van der Waals surface area contributed by atoms with E-state index in [1.807, 2.05) is 39.0 Å². The molecule has 3 nitrogen and oxygen atoms in total. The number of carbonyl (C=O) groups is 1. The summed E-state index contributed by atoms with van der Waals surface area (Å²) in [6.07, 6.45) is 0. The topological polar surface area (TPSA) is 45.7 Å². The average molecular weight is 370 g/mol. The van der Waals surface area contributed by atoms with Gasteiger partial charge in [0.1, 0.15) is 11.9 Å². The fourth-order valence-corrected chi connectivity index (χ4v) is 2.94. The first-order chi connectivity index (χ1) is 11.3. The van der Waals surface area contributed by atoms with Gasteiger partial charge in [-0.3, -0.25) is 4.79 Å². The van der Waals surface area contributed by atoms with Crippen molar-refractivity contribution in [1.82, 2.24) is 0 Å². The zero-order valence-electron chi connectivity index (χ0n) is 13.8. The van der Waals surface area contributed by atoms with E-state index in [9.17, 15) is 9.18 Å². The van der Waals surface area contributed by atoms with Crippen LogP contribution < -0.4 is 10.6 Å². The van der Waals surface area contributed by atoms with Crippen molar-refractivity contribution in [1.29, 1.82) is 0 Å². The molecule has 0 aliphatic rings. The molecule has 0 saturated carbocycles. The molecule has 0 fully saturated rings. The third-order valence-corrected chi connectivity index (χ3v) is 4.68. The molecule has 0 bridgehead atoms. The van der Waals surface area contributed by atoms with Crippen LogP contribution in [-0.2, 0) is 4.79 Å². The number of hydrogen-bond acceptors (Lipinski definition) is 1. The van der Waals surface area contributed by atoms with Gasteiger partial charge in [0.15, 0.2) is 6.54 Å². The Labute approximate surface area is 151 Å². The molecule has 0 aliphatic carbocycles. The third kappa shape index (κ3) is 4.47. The van der Waals surface area contributed by atoms with Crippen LogP contribution in [0.1, 0.15) is 29.7 Å². The van der Waals surface area contributed by atoms with E-state index in [1.54, 1.807) is 5.32 Å². The van der Waals surface area contributed by atoms with Crippen LogP contribution in [0.15, 0.2) is 30.3 Å². The number of anilines is 1. The lowest BCUT2D eigenvalue weighted by Crippen LogP contribution is -2.86. The summed E-state index contributed by atoms with van der Waals surface area (Å²) in [6, 6.07) is 8.29. The number of halogens is 3. The van der Waals surface area contributed by atoms with Crippen molar-refractivity contribution < 1.29 is 14.5 Å². The average Bonchev–Trinajstić information content (AvgIpc) is 2.53. The predicted molar refractivity (Wildman–Crippen MR) is 96.2 cm³/mol. The van der Waals surface area contributed by atoms with Gasteiger partial charge in [0.05, 0.1) is 10.0 Å². The third-order valence-electron chi connectivity index (χ3n) is 4.07. The number of hydrogen-bond donors (Lipinski definition) is 2. The van der Waals surface area contributed by atoms with Crippen LogP contribution in [0.2, 0.25) is 10.0 Å². The number of rotatable bonds is 5. The lowest BCUT2D eigenvalue weighted by atomic mass is 10.1. The van der Waals surface area contributed by atoms with Crippen molar-refractivity contribution in [3.8, 4) is 0 Å². The highest BCUT2D eigenvalue weighted by atomic mass is 35.5. The molecule has 2 rings (SSSR count). The molecule has 0 spiro atoms. The fraction of sp³-hybridized carbons (Fsp3) is 0.278. The molecule has 128 valence electrons. The standard InChI is InChI=1S/C18H19Cl2FN2O/c1-10-5-4-6-17(11(10)2)23-18(24)9-22-12(3)13-7-16(21)15(20)8-14(13)19/h4-8,12,22H,9H2,1-3H3,(H,23,24)/p+1/t12-/m0/s1. The minimum Gasteiger partial charge on any atom is -0.332 e. The largest absolute Gasteiger partial charge is 0.332 e. The van der Waals surface area contributed by atoms with Gasteiger partial charge in [-0.1, -0.05) is 35.3 Å². The molecule has 2 aromatic carbocycles. The highest BCUT2D eigenvalue weighted by Gasteiger charge is 2.17. The maximum atomic E-state index is 13.6. The Morgan fingerprint density at radius 3 is 2.67 bits per heavy atom. The zero-order valence-corrected chi connectivity index (χ0v) is 15.3. The minimum absolute atomic E-state index is 0.0105. The van der Waals surface area contributed by atoms with Crippen LogP contribution in [0.25, 0.3) is 0 Å². The molecular formula is C18H20Cl2FN2O+. The number of aryl methyl sites for hydroxylation is 1. The van der Waals surface area contributed by atoms with Crippen LogP contribution in [0.5, 0.6) is 0 Å². The molecular weight excluding hydrogens is 350 g/mol. The summed E-state index contributed by atoms with van der Waals surface area (Å²) < 4.78 is 13.6. The highest BCUT2D eigenvalue weighted by Crippen LogP contribution is 2.27. The predicted octanol–water partition coefficient (Wildman–Crippen LogP) is 4.01. The number of amides is 1. The van der Waals surface area contributed by atoms with Crippen LogP contribution in [0.4, 0.5) is 10.1 Å². The normalized spacial score (nSPS) is 12.1. The minimum atomic E-state index is -0.517. The fourth-order valence-electron chi connectivity index (χ4n) is 2.39. The van der Waals surface area contributed by atoms with Gasteiger partial charge in [0.2, 0.25) is 0 Å². The van der Waals surface area contributed by atoms with Crippen molar-refractivity contribution in [3.63, 3.8) is 0 Å². The monoisotopic (exact) mass is 369 g/mol. The first kappa shape index (κ1) is 18.7. The summed E-state index contributed by atoms with van der Waals surface area (Å²) in [6.45, 7) is 6.03. The first-order valence-electron chi connectivity index (χ1n) is 7.63. The lowest BCUT2D eigenvalue weighted by Gasteiger charge is -2.14. The molecule has 6 heteroatoms. The molecule has 3 N–H and O–H groups in total. The van der Waals surface area contributed by atoms with Gasteiger partial charge in [0.25, 0.3) is 5.91 Å². The van der Waals surface area contributed by atoms with E-state index < -0.39 is 5.82 Å². The van der Waals surface area contributed by atoms with E-state index in [2.05, 4.69) is 5.32 Å². The van der Waals surface area contributed by atoms with Gasteiger partial charge in [-0.05, 0) is 50.1 Å². The van der Waals surface area contributed by atoms with Crippen molar-refractivity contribution in [2.75, 3.05) is 11.9 Å². The Balaban J connectivity index is 1.99. The Morgan fingerprint density at radius 2 is 1.96 bits per heavy atom. The molecule has 0 aromatic heterocycles. The first-order valence-corrected chi connectivity index (χ1v) is 8.39. The van der Waals surface area contributed by atoms with Gasteiger partial charge in [-0.25, -0.2) is 4.39 Å². The summed E-state index contributed by atoms with van der Waals surface area (Å²) in [7, 11) is 0. The second-order valence-corrected chi connectivity index (χ2v) is 6.63. The summed E-state index contributed by atoms with van der Waals surface area (Å²) >= 11 is 11.8. The summed E-state index contributed by atoms with van der Waals surface area (Å²) in [4.78, 5) is 12.1. The Kier molecular flexibility index (Phi) is 6.21. The van der Waals surface area contributed by atoms with E-state index in [1.165, 1.54) is 12.1 Å². The van der Waals surface area contributed by atoms with Crippen molar-refractivity contribution >= 4 is 34.8 Å². The molecule has 0 heterocycles. The molecule has 0 radical (unpaired) electrons. The number of nitrogens with two attached hydrogens (primary N) is 1. The lowest BCUT2D eigenvalue weighted by molar-refractivity contribution is -0.682. The summed E-state index contributed by atoms with van der Waals surface area (Å²) in [5.74, 6) is -0.641. The number of nitrogens with one attached hydrogen (secondary N) is 1. The van der Waals surface area contributed by atoms with E-state index in [-0.39, 0.29) is 23.5 Å². The Morgan fingerprint density at radius 1 is 1.25 bits per heavy atom. The van der Waals surface area contributed by atoms with Gasteiger partial charge in [0, 0.05) is 11.3 Å². The van der Waals surface area contributed by atoms with Crippen molar-refractivity contribution in [2.24, 2.45) is 0 Å². The van der Waals surface area contributed by atoms with Gasteiger partial charge < -0.3 is 10.6 Å². The molecule has 1 amide bonds. The maximum Gasteiger partial charge on any atom is 0.279 e. The molecule has 0 unspecified atom stereocenters. The van der Waals surface area contributed by atoms with Crippen LogP contribution >= 0.6 is 23.2 Å². The van der Waals surface area contributed by atoms with Crippen molar-refractivity contribution in [3.05, 3.63) is 62.9 Å². The quantitative estimate of drug-likeness (QED) is 0.768. The molecule has 1 atom stereocenters. The van der Waals surface area contributed by atoms with Crippen LogP contribution in [0, 0.1) is 19.7 Å². The summed E-state index contributed by atoms with van der Waals surface area (Å²) in [5.41, 5.74) is 3.57. The number of carbonyl (C=O) groups excluding carboxylic acids is 1. The van der Waals surface area contributed by atoms with Gasteiger partial charge in [-0.15, -0.1) is 0 Å². The zero-order chi connectivity index (χ0) is 17.9. The molecule has 24 heavy (non-hydrogen) atoms. The van der Waals surface area contributed by atoms with Crippen LogP contribution in [0.3, 0.4) is 0 Å². The summed E-state index contributed by atoms with van der Waals surface area (Å²) in [5, 5.41) is 5.07. The molecule has 0 saturated heterocycles. The SMILES string of the molecule is Cc1cccc(NC(=O)C[NH2+][C@@H](C)c2cc(F)c(Cl)cc2Cl)c1C. The molecule has 0 aliphatic heterocycles. The van der Waals surface area contributed by atoms with Gasteiger partial charge in [-0.2, -0.15) is 0 Å². The second-order valence-electron chi connectivity index (χ2n) is 5.81. The smallest absolute Gasteiger partial charge is 0.279 e.